The average molecular weight is 2080 g/mol. The van der Waals surface area contributed by atoms with E-state index < -0.39 is 451 Å². The number of rotatable bonds is 35. The van der Waals surface area contributed by atoms with Crippen LogP contribution in [-0.2, 0) is 128 Å². The van der Waals surface area contributed by atoms with E-state index in [0.717, 1.165) is 27.7 Å². The second kappa shape index (κ2) is 50.3. The van der Waals surface area contributed by atoms with Gasteiger partial charge in [0, 0.05) is 27.7 Å². The fourth-order valence-electron chi connectivity index (χ4n) is 18.6. The van der Waals surface area contributed by atoms with E-state index in [1.807, 2.05) is 0 Å². The molecule has 62 heteroatoms. The molecule has 12 heterocycles. The highest BCUT2D eigenvalue weighted by atomic mass is 16.8. The van der Waals surface area contributed by atoms with Crippen molar-refractivity contribution in [2.45, 2.75) is 417 Å². The van der Waals surface area contributed by atoms with Gasteiger partial charge in [0.05, 0.1) is 77.8 Å². The highest BCUT2D eigenvalue weighted by molar-refractivity contribution is 5.74. The molecule has 62 nitrogen and oxygen atoms in total. The minimum absolute atomic E-state index is 0.868. The Kier molecular flexibility index (Phi) is 41.2. The number of aliphatic hydroxyl groups is 31. The molecule has 0 unspecified atom stereocenters. The molecule has 0 bridgehead atoms. The molecule has 12 saturated heterocycles. The Morgan fingerprint density at radius 1 is 0.197 bits per heavy atom. The molecule has 142 heavy (non-hydrogen) atoms. The molecule has 12 aliphatic heterocycles. The lowest BCUT2D eigenvalue weighted by Crippen LogP contribution is -2.71. The predicted octanol–water partition coefficient (Wildman–Crippen LogP) is -23.5. The molecule has 0 aliphatic carbocycles. The summed E-state index contributed by atoms with van der Waals surface area (Å²) in [6.45, 7) is -3.08. The van der Waals surface area contributed by atoms with Crippen molar-refractivity contribution in [1.82, 2.24) is 21.3 Å². The Labute approximate surface area is 805 Å². The second-order valence-corrected chi connectivity index (χ2v) is 36.6. The van der Waals surface area contributed by atoms with Crippen LogP contribution in [0.15, 0.2) is 0 Å². The summed E-state index contributed by atoms with van der Waals surface area (Å²) in [6, 6.07) is -8.01. The molecule has 35 N–H and O–H groups in total. The lowest BCUT2D eigenvalue weighted by atomic mass is 9.93. The number of hydrogen-bond donors (Lipinski definition) is 35. The highest BCUT2D eigenvalue weighted by Crippen LogP contribution is 2.43. The lowest BCUT2D eigenvalue weighted by molar-refractivity contribution is -0.402. The summed E-state index contributed by atoms with van der Waals surface area (Å²) in [5, 5.41) is 360. The molecule has 0 saturated carbocycles. The van der Waals surface area contributed by atoms with Crippen molar-refractivity contribution in [3.63, 3.8) is 0 Å². The van der Waals surface area contributed by atoms with E-state index in [0.29, 0.717) is 0 Å². The van der Waals surface area contributed by atoms with E-state index in [1.54, 1.807) is 0 Å². The number of ether oxygens (including phenoxy) is 23. The number of hydrogen-bond acceptors (Lipinski definition) is 58. The zero-order valence-electron chi connectivity index (χ0n) is 76.9. The van der Waals surface area contributed by atoms with Crippen molar-refractivity contribution < 1.29 is 286 Å². The normalized spacial score (nSPS) is 50.9. The number of nitrogens with one attached hydrogen (secondary N) is 4. The Hall–Kier alpha value is -4.28. The van der Waals surface area contributed by atoms with E-state index in [1.165, 1.54) is 20.8 Å². The van der Waals surface area contributed by atoms with Gasteiger partial charge in [-0.1, -0.05) is 0 Å². The molecule has 4 amide bonds. The van der Waals surface area contributed by atoms with Crippen molar-refractivity contribution >= 4 is 23.6 Å². The van der Waals surface area contributed by atoms with Crippen LogP contribution < -0.4 is 21.3 Å². The molecule has 12 rings (SSSR count). The average Bonchev–Trinajstić information content (AvgIpc) is 0.763. The maximum Gasteiger partial charge on any atom is 0.217 e. The molecular formula is C80H134N4O58. The summed E-state index contributed by atoms with van der Waals surface area (Å²) < 4.78 is 138. The van der Waals surface area contributed by atoms with Crippen molar-refractivity contribution in [2.24, 2.45) is 0 Å². The van der Waals surface area contributed by atoms with Crippen LogP contribution in [0.5, 0.6) is 0 Å². The van der Waals surface area contributed by atoms with Gasteiger partial charge in [0.1, 0.15) is 274 Å². The van der Waals surface area contributed by atoms with Crippen molar-refractivity contribution in [1.29, 1.82) is 0 Å². The maximum atomic E-state index is 13.4. The largest absolute Gasteiger partial charge is 0.394 e. The third-order valence-electron chi connectivity index (χ3n) is 26.6. The van der Waals surface area contributed by atoms with Crippen molar-refractivity contribution in [2.75, 3.05) is 59.5 Å². The minimum Gasteiger partial charge on any atom is -0.394 e. The quantitative estimate of drug-likeness (QED) is 0.0280. The Morgan fingerprint density at radius 2 is 0.430 bits per heavy atom. The fraction of sp³-hybridized carbons (Fsp3) is 0.950. The van der Waals surface area contributed by atoms with E-state index in [-0.39, 0.29) is 0 Å². The topological polar surface area (TPSA) is 956 Å². The molecule has 12 fully saturated rings. The first-order valence-electron chi connectivity index (χ1n) is 45.7. The molecule has 0 aromatic rings. The Balaban J connectivity index is 0.868. The van der Waals surface area contributed by atoms with Crippen LogP contribution in [0.2, 0.25) is 0 Å². The molecule has 0 aromatic carbocycles. The van der Waals surface area contributed by atoms with Gasteiger partial charge in [-0.25, -0.2) is 0 Å². The first-order chi connectivity index (χ1) is 67.1. The molecule has 60 atom stereocenters. The third-order valence-corrected chi connectivity index (χ3v) is 26.6. The van der Waals surface area contributed by atoms with Gasteiger partial charge in [0.15, 0.2) is 75.5 Å². The zero-order valence-corrected chi connectivity index (χ0v) is 76.9. The minimum atomic E-state index is -2.70. The monoisotopic (exact) mass is 2080 g/mol. The predicted molar refractivity (Wildman–Crippen MR) is 437 cm³/mol. The zero-order chi connectivity index (χ0) is 104. The highest BCUT2D eigenvalue weighted by Gasteiger charge is 2.64. The number of aliphatic hydroxyl groups excluding tert-OH is 31. The van der Waals surface area contributed by atoms with Crippen LogP contribution in [0.1, 0.15) is 48.5 Å². The van der Waals surface area contributed by atoms with E-state index >= 15 is 0 Å². The third kappa shape index (κ3) is 25.4. The van der Waals surface area contributed by atoms with Gasteiger partial charge in [0.2, 0.25) is 23.6 Å². The van der Waals surface area contributed by atoms with Crippen molar-refractivity contribution in [3.8, 4) is 0 Å². The summed E-state index contributed by atoms with van der Waals surface area (Å²) in [5.74, 6) is -3.94. The van der Waals surface area contributed by atoms with Crippen LogP contribution in [0, 0.1) is 0 Å². The molecule has 822 valence electrons. The van der Waals surface area contributed by atoms with Gasteiger partial charge in [-0.05, 0) is 20.8 Å². The van der Waals surface area contributed by atoms with Crippen LogP contribution in [0.3, 0.4) is 0 Å². The van der Waals surface area contributed by atoms with Crippen LogP contribution in [0.4, 0.5) is 0 Å². The lowest BCUT2D eigenvalue weighted by Gasteiger charge is -2.51. The van der Waals surface area contributed by atoms with Gasteiger partial charge in [-0.15, -0.1) is 0 Å². The van der Waals surface area contributed by atoms with E-state index in [9.17, 15) is 177 Å². The molecular weight excluding hydrogens is 1940 g/mol. The van der Waals surface area contributed by atoms with Gasteiger partial charge in [-0.2, -0.15) is 0 Å². The second-order valence-electron chi connectivity index (χ2n) is 36.6. The van der Waals surface area contributed by atoms with E-state index in [2.05, 4.69) is 21.3 Å². The van der Waals surface area contributed by atoms with Gasteiger partial charge >= 0.3 is 0 Å². The Bertz CT molecular complexity index is 3940. The van der Waals surface area contributed by atoms with E-state index in [4.69, 9.17) is 109 Å². The van der Waals surface area contributed by atoms with Crippen LogP contribution >= 0.6 is 0 Å². The Morgan fingerprint density at radius 3 is 0.768 bits per heavy atom. The van der Waals surface area contributed by atoms with Gasteiger partial charge < -0.3 is 289 Å². The smallest absolute Gasteiger partial charge is 0.217 e. The number of carbonyl (C=O) groups is 4. The van der Waals surface area contributed by atoms with Crippen LogP contribution in [0.25, 0.3) is 0 Å². The first-order valence-corrected chi connectivity index (χ1v) is 45.7. The molecule has 12 aliphatic rings. The summed E-state index contributed by atoms with van der Waals surface area (Å²) in [7, 11) is 0. The molecule has 0 spiro atoms. The summed E-state index contributed by atoms with van der Waals surface area (Å²) >= 11 is 0. The van der Waals surface area contributed by atoms with Gasteiger partial charge in [0.25, 0.3) is 0 Å². The number of amides is 4. The summed E-state index contributed by atoms with van der Waals surface area (Å²) in [5.41, 5.74) is 0. The molecule has 0 aromatic heterocycles. The van der Waals surface area contributed by atoms with Crippen LogP contribution in [-0.4, -0.2) is 610 Å². The van der Waals surface area contributed by atoms with Crippen molar-refractivity contribution in [3.05, 3.63) is 0 Å². The maximum absolute atomic E-state index is 13.4. The summed E-state index contributed by atoms with van der Waals surface area (Å²) in [4.78, 5) is 52.5. The first kappa shape index (κ1) is 116. The number of carbonyl (C=O) groups excluding carboxylic acids is 4. The standard InChI is InChI=1S/C80H134N4O58/c1-17-37(96)49(108)56(115)73(122-17)120-16-32-63(45(104)33(69(119)125-32)81-20(4)92)134-70-34(82-21(5)93)46(105)60(28(12-89)130-70)135-76-59(118)64(138-80-66(53(112)41(100)27(11-88)129-80)140-72-36(84-23(7)95)48(107)62(30(14-91)132-72)137-79-68(55(114)43(102)26(10-87)128-79)142-75-58(117)51(110)39(98)19(3)124-75)44(103)31(133-76)15-121-77-65(52(111)40(99)24(8-85)126-77)139-71-35(83-22(6)94)47(106)61(29(13-90)131-71)136-78-67(54(113)42(101)25(9-86)127-78)141-74-57(116)50(109)38(97)18(2)123-74/h17-19,24-80,85-91,96-119H,8-16H2,1-7H3,(H,81,92)(H,82,93)(H,83,94)(H,84,95)/t17-,18+,19+,24-,25-,26-,27-,28-,29-,30-,31-,32-,33-,34-,35-,36-,37+,38-,39-,40-,41-,42+,43+,44-,45-,46-,47-,48-,49+,50-,51-,52+,53+,54+,55+,56-,57+,58+,59+,60-,61-,62-,63-,64+,65+,66+,67-,68-,69-,70+,71+,72+,73+,74+,75+,76+,77+,78+,79+,80-/m1/s1. The fourth-order valence-corrected chi connectivity index (χ4v) is 18.6. The molecule has 0 radical (unpaired) electrons. The summed E-state index contributed by atoms with van der Waals surface area (Å²) in [6.07, 6.45) is -117. The van der Waals surface area contributed by atoms with Gasteiger partial charge in [-0.3, -0.25) is 19.2 Å². The SMILES string of the molecule is CC(=O)N[C@@H]1[C@@H](O)[C@H](O[C@@H]2O[C@H](CO)[C@@H](O[C@@H]3O[C@H](CO[C@H]4O[C@H](CO)[C@@H](O)[C@H](O)[C@@H]4O[C@@H]4O[C@H](CO)[C@@H](O[C@@H]5O[C@H](CO)[C@H](O)[C@H](O)[C@H]5O[C@@H]5O[C@@H](C)[C@@H](O)[C@@H](O)[C@@H]5O)[C@H](O)[C@H]4NC(C)=O)[C@@H](O)[C@H](O[C@H]4O[C@H](CO)[C@@H](O)[C@H](O)[C@@H]4O[C@@H]4O[C@H](CO)[C@@H](O[C@@H]5O[C@H](CO)[C@H](O)[C@H](O)[C@H]5O[C@@H]5O[C@@H](C)[C@@H](O)[C@@H](O)[C@@H]5O)[C@H](O)[C@H]4NC(C)=O)[C@@H]3O)[C@H](O)[C@H]2NC(C)=O)[C@@H](CO[C@H]2O[C@H](C)[C@H](O)[C@H](O)[C@H]2O)O[C@H]1O.